The zero-order chi connectivity index (χ0) is 12.4. The highest BCUT2D eigenvalue weighted by Crippen LogP contribution is 2.19. The van der Waals surface area contributed by atoms with Crippen LogP contribution in [0.15, 0.2) is 30.6 Å². The van der Waals surface area contributed by atoms with E-state index in [-0.39, 0.29) is 0 Å². The molecule has 0 spiro atoms. The third kappa shape index (κ3) is 2.56. The van der Waals surface area contributed by atoms with Crippen LogP contribution in [0.2, 0.25) is 0 Å². The summed E-state index contributed by atoms with van der Waals surface area (Å²) in [6.07, 6.45) is 3.62. The summed E-state index contributed by atoms with van der Waals surface area (Å²) in [4.78, 5) is 4.18. The lowest BCUT2D eigenvalue weighted by molar-refractivity contribution is 0.165. The van der Waals surface area contributed by atoms with Crippen molar-refractivity contribution in [2.75, 3.05) is 0 Å². The summed E-state index contributed by atoms with van der Waals surface area (Å²) >= 11 is 0. The zero-order valence-corrected chi connectivity index (χ0v) is 10.5. The fourth-order valence-corrected chi connectivity index (χ4v) is 2.02. The van der Waals surface area contributed by atoms with E-state index >= 15 is 0 Å². The summed E-state index contributed by atoms with van der Waals surface area (Å²) in [5, 5.41) is 10.2. The first-order chi connectivity index (χ1) is 8.08. The van der Waals surface area contributed by atoms with E-state index in [2.05, 4.69) is 37.0 Å². The SMILES string of the molecule is Cc1ccc(C)c(CC(O)c2nccn2C)c1. The van der Waals surface area contributed by atoms with Crippen LogP contribution in [0.1, 0.15) is 28.6 Å². The van der Waals surface area contributed by atoms with Crippen molar-refractivity contribution in [2.24, 2.45) is 7.05 Å². The summed E-state index contributed by atoms with van der Waals surface area (Å²) in [5.74, 6) is 0.714. The van der Waals surface area contributed by atoms with Gasteiger partial charge in [0.05, 0.1) is 0 Å². The van der Waals surface area contributed by atoms with Crippen LogP contribution in [0, 0.1) is 13.8 Å². The first-order valence-corrected chi connectivity index (χ1v) is 5.79. The monoisotopic (exact) mass is 230 g/mol. The Labute approximate surface area is 102 Å². The summed E-state index contributed by atoms with van der Waals surface area (Å²) in [6, 6.07) is 6.31. The molecule has 1 aromatic heterocycles. The quantitative estimate of drug-likeness (QED) is 0.878. The van der Waals surface area contributed by atoms with Crippen LogP contribution in [0.5, 0.6) is 0 Å². The van der Waals surface area contributed by atoms with Gasteiger partial charge in [0.15, 0.2) is 0 Å². The Morgan fingerprint density at radius 2 is 2.12 bits per heavy atom. The molecule has 0 fully saturated rings. The maximum atomic E-state index is 10.2. The smallest absolute Gasteiger partial charge is 0.137 e. The molecule has 0 bridgehead atoms. The number of benzene rings is 1. The standard InChI is InChI=1S/C14H18N2O/c1-10-4-5-11(2)12(8-10)9-13(17)14-15-6-7-16(14)3/h4-8,13,17H,9H2,1-3H3. The molecule has 0 amide bonds. The number of nitrogens with zero attached hydrogens (tertiary/aromatic N) is 2. The Morgan fingerprint density at radius 3 is 2.76 bits per heavy atom. The molecular weight excluding hydrogens is 212 g/mol. The average Bonchev–Trinajstić information content (AvgIpc) is 2.70. The minimum absolute atomic E-state index is 0.546. The molecular formula is C14H18N2O. The second-order valence-electron chi connectivity index (χ2n) is 4.55. The zero-order valence-electron chi connectivity index (χ0n) is 10.5. The first kappa shape index (κ1) is 11.9. The topological polar surface area (TPSA) is 38.1 Å². The molecule has 0 saturated carbocycles. The van der Waals surface area contributed by atoms with Crippen LogP contribution in [-0.4, -0.2) is 14.7 Å². The number of rotatable bonds is 3. The van der Waals surface area contributed by atoms with Crippen LogP contribution < -0.4 is 0 Å². The Bertz CT molecular complexity index is 517. The van der Waals surface area contributed by atoms with Gasteiger partial charge in [0.1, 0.15) is 11.9 Å². The van der Waals surface area contributed by atoms with Gasteiger partial charge >= 0.3 is 0 Å². The van der Waals surface area contributed by atoms with E-state index < -0.39 is 6.10 Å². The summed E-state index contributed by atoms with van der Waals surface area (Å²) < 4.78 is 1.86. The minimum Gasteiger partial charge on any atom is -0.385 e. The van der Waals surface area contributed by atoms with Crippen molar-refractivity contribution in [2.45, 2.75) is 26.4 Å². The Kier molecular flexibility index (Phi) is 3.29. The molecule has 90 valence electrons. The van der Waals surface area contributed by atoms with Crippen molar-refractivity contribution in [1.29, 1.82) is 0 Å². The van der Waals surface area contributed by atoms with Gasteiger partial charge in [-0.15, -0.1) is 0 Å². The minimum atomic E-state index is -0.546. The third-order valence-electron chi connectivity index (χ3n) is 3.07. The Hall–Kier alpha value is -1.61. The predicted molar refractivity (Wildman–Crippen MR) is 67.8 cm³/mol. The highest BCUT2D eigenvalue weighted by Gasteiger charge is 2.14. The second kappa shape index (κ2) is 4.72. The number of hydrogen-bond acceptors (Lipinski definition) is 2. The van der Waals surface area contributed by atoms with Gasteiger partial charge in [-0.1, -0.05) is 23.8 Å². The van der Waals surface area contributed by atoms with E-state index in [4.69, 9.17) is 0 Å². The van der Waals surface area contributed by atoms with Crippen LogP contribution in [-0.2, 0) is 13.5 Å². The molecule has 0 radical (unpaired) electrons. The molecule has 0 aliphatic heterocycles. The maximum Gasteiger partial charge on any atom is 0.137 e. The van der Waals surface area contributed by atoms with Gasteiger partial charge in [-0.3, -0.25) is 0 Å². The molecule has 1 atom stereocenters. The molecule has 1 unspecified atom stereocenters. The maximum absolute atomic E-state index is 10.2. The fourth-order valence-electron chi connectivity index (χ4n) is 2.02. The Balaban J connectivity index is 2.21. The van der Waals surface area contributed by atoms with Crippen molar-refractivity contribution in [3.63, 3.8) is 0 Å². The van der Waals surface area contributed by atoms with Gasteiger partial charge in [-0.2, -0.15) is 0 Å². The van der Waals surface area contributed by atoms with Crippen molar-refractivity contribution >= 4 is 0 Å². The van der Waals surface area contributed by atoms with Gasteiger partial charge in [-0.25, -0.2) is 4.98 Å². The third-order valence-corrected chi connectivity index (χ3v) is 3.07. The molecule has 2 rings (SSSR count). The van der Waals surface area contributed by atoms with E-state index in [1.54, 1.807) is 6.20 Å². The van der Waals surface area contributed by atoms with E-state index in [1.807, 2.05) is 17.8 Å². The van der Waals surface area contributed by atoms with E-state index in [9.17, 15) is 5.11 Å². The summed E-state index contributed by atoms with van der Waals surface area (Å²) in [7, 11) is 1.90. The van der Waals surface area contributed by atoms with Crippen molar-refractivity contribution in [3.8, 4) is 0 Å². The van der Waals surface area contributed by atoms with Crippen LogP contribution in [0.3, 0.4) is 0 Å². The Morgan fingerprint density at radius 1 is 1.35 bits per heavy atom. The molecule has 3 heteroatoms. The molecule has 17 heavy (non-hydrogen) atoms. The van der Waals surface area contributed by atoms with Gasteiger partial charge in [0, 0.05) is 25.9 Å². The van der Waals surface area contributed by atoms with E-state index in [0.29, 0.717) is 12.2 Å². The number of imidazole rings is 1. The first-order valence-electron chi connectivity index (χ1n) is 5.79. The molecule has 1 N–H and O–H groups in total. The lowest BCUT2D eigenvalue weighted by atomic mass is 10.00. The van der Waals surface area contributed by atoms with Crippen LogP contribution >= 0.6 is 0 Å². The largest absolute Gasteiger partial charge is 0.385 e. The van der Waals surface area contributed by atoms with Gasteiger partial charge in [-0.05, 0) is 25.0 Å². The van der Waals surface area contributed by atoms with E-state index in [1.165, 1.54) is 16.7 Å². The fraction of sp³-hybridized carbons (Fsp3) is 0.357. The van der Waals surface area contributed by atoms with Crippen molar-refractivity contribution in [3.05, 3.63) is 53.1 Å². The molecule has 3 nitrogen and oxygen atoms in total. The van der Waals surface area contributed by atoms with Gasteiger partial charge < -0.3 is 9.67 Å². The average molecular weight is 230 g/mol. The number of aromatic nitrogens is 2. The lowest BCUT2D eigenvalue weighted by Crippen LogP contribution is -2.09. The molecule has 1 aromatic carbocycles. The summed E-state index contributed by atoms with van der Waals surface area (Å²) in [5.41, 5.74) is 3.61. The van der Waals surface area contributed by atoms with E-state index in [0.717, 1.165) is 0 Å². The van der Waals surface area contributed by atoms with Crippen LogP contribution in [0.4, 0.5) is 0 Å². The number of aryl methyl sites for hydroxylation is 3. The van der Waals surface area contributed by atoms with Gasteiger partial charge in [0.25, 0.3) is 0 Å². The number of aliphatic hydroxyl groups is 1. The van der Waals surface area contributed by atoms with Crippen LogP contribution in [0.25, 0.3) is 0 Å². The predicted octanol–water partition coefficient (Wildman–Crippen LogP) is 2.31. The second-order valence-corrected chi connectivity index (χ2v) is 4.55. The highest BCUT2D eigenvalue weighted by molar-refractivity contribution is 5.31. The molecule has 1 heterocycles. The number of aliphatic hydroxyl groups excluding tert-OH is 1. The van der Waals surface area contributed by atoms with Crippen molar-refractivity contribution < 1.29 is 5.11 Å². The molecule has 0 saturated heterocycles. The molecule has 0 aliphatic rings. The molecule has 0 aliphatic carbocycles. The van der Waals surface area contributed by atoms with Gasteiger partial charge in [0.2, 0.25) is 0 Å². The lowest BCUT2D eigenvalue weighted by Gasteiger charge is -2.13. The summed E-state index contributed by atoms with van der Waals surface area (Å²) in [6.45, 7) is 4.13. The highest BCUT2D eigenvalue weighted by atomic mass is 16.3. The number of hydrogen-bond donors (Lipinski definition) is 1. The van der Waals surface area contributed by atoms with Crippen molar-refractivity contribution in [1.82, 2.24) is 9.55 Å². The normalized spacial score (nSPS) is 12.7. The molecule has 2 aromatic rings.